The maximum absolute atomic E-state index is 13.2. The third-order valence-electron chi connectivity index (χ3n) is 4.91. The van der Waals surface area contributed by atoms with E-state index in [1.165, 1.54) is 6.92 Å². The molecular weight excluding hydrogens is 396 g/mol. The van der Waals surface area contributed by atoms with Crippen LogP contribution in [0.2, 0.25) is 0 Å². The Hall–Kier alpha value is -2.19. The van der Waals surface area contributed by atoms with Gasteiger partial charge in [-0.2, -0.15) is 0 Å². The molecule has 0 N–H and O–H groups in total. The fraction of sp³-hybridized carbons (Fsp3) is 0.400. The molecule has 8 heteroatoms. The van der Waals surface area contributed by atoms with Crippen LogP contribution < -0.4 is 10.0 Å². The number of carbonyl (C=O) groups excluding carboxylic acids is 3. The van der Waals surface area contributed by atoms with Gasteiger partial charge >= 0.3 is 0 Å². The highest BCUT2D eigenvalue weighted by atomic mass is 32.2. The van der Waals surface area contributed by atoms with Crippen molar-refractivity contribution in [3.05, 3.63) is 34.7 Å². The molecule has 0 aliphatic carbocycles. The molecule has 6 nitrogen and oxygen atoms in total. The fourth-order valence-corrected chi connectivity index (χ4v) is 4.88. The number of para-hydroxylation sites is 1. The lowest BCUT2D eigenvalue weighted by atomic mass is 10.1. The predicted molar refractivity (Wildman–Crippen MR) is 111 cm³/mol. The number of thioether (sulfide) groups is 1. The minimum atomic E-state index is -1.39. The van der Waals surface area contributed by atoms with Crippen LogP contribution in [0.5, 0.6) is 0 Å². The number of carboxylic acid groups (broad SMARTS) is 1. The number of amides is 2. The number of unbranched alkanes of at least 4 members (excludes halogenated alkanes) is 3. The highest BCUT2D eigenvalue weighted by molar-refractivity contribution is 8.26. The van der Waals surface area contributed by atoms with Gasteiger partial charge in [0, 0.05) is 12.1 Å². The second-order valence-electron chi connectivity index (χ2n) is 6.78. The lowest BCUT2D eigenvalue weighted by molar-refractivity contribution is -0.309. The number of anilines is 1. The molecule has 0 saturated carbocycles. The van der Waals surface area contributed by atoms with Crippen molar-refractivity contribution < 1.29 is 19.5 Å². The van der Waals surface area contributed by atoms with Gasteiger partial charge in [0.15, 0.2) is 0 Å². The third-order valence-corrected chi connectivity index (χ3v) is 6.31. The standard InChI is InChI=1S/C20H22N2O4S2/c1-3-4-5-8-11-21-14-10-7-6-9-13(14)15(17(21)23)16-18(24)22(20(27)28-16)12(2)19(25)26/h6-7,9-10,12H,3-5,8,11H2,1-2H3,(H,25,26)/p-1/b16-15-/t12-/m0/s1. The maximum atomic E-state index is 13.2. The minimum Gasteiger partial charge on any atom is -0.548 e. The zero-order valence-electron chi connectivity index (χ0n) is 15.8. The summed E-state index contributed by atoms with van der Waals surface area (Å²) in [6.45, 7) is 4.05. The second kappa shape index (κ2) is 8.45. The van der Waals surface area contributed by atoms with Crippen molar-refractivity contribution in [2.75, 3.05) is 11.4 Å². The maximum Gasteiger partial charge on any atom is 0.267 e. The van der Waals surface area contributed by atoms with Gasteiger partial charge in [-0.05, 0) is 19.4 Å². The van der Waals surface area contributed by atoms with E-state index >= 15 is 0 Å². The molecule has 0 bridgehead atoms. The number of rotatable bonds is 7. The average molecular weight is 418 g/mol. The van der Waals surface area contributed by atoms with Gasteiger partial charge in [0.2, 0.25) is 0 Å². The minimum absolute atomic E-state index is 0.121. The second-order valence-corrected chi connectivity index (χ2v) is 8.42. The molecule has 0 unspecified atom stereocenters. The van der Waals surface area contributed by atoms with Crippen LogP contribution in [0.1, 0.15) is 45.1 Å². The summed E-state index contributed by atoms with van der Waals surface area (Å²) in [5.41, 5.74) is 1.76. The van der Waals surface area contributed by atoms with Crippen LogP contribution in [0, 0.1) is 0 Å². The van der Waals surface area contributed by atoms with Gasteiger partial charge in [-0.25, -0.2) is 0 Å². The lowest BCUT2D eigenvalue weighted by Crippen LogP contribution is -2.48. The zero-order chi connectivity index (χ0) is 20.4. The highest BCUT2D eigenvalue weighted by Crippen LogP contribution is 2.45. The van der Waals surface area contributed by atoms with Crippen molar-refractivity contribution in [2.24, 2.45) is 0 Å². The molecule has 2 heterocycles. The molecule has 3 rings (SSSR count). The van der Waals surface area contributed by atoms with Crippen molar-refractivity contribution in [1.82, 2.24) is 4.90 Å². The van der Waals surface area contributed by atoms with Crippen LogP contribution in [0.15, 0.2) is 29.2 Å². The highest BCUT2D eigenvalue weighted by Gasteiger charge is 2.43. The zero-order valence-corrected chi connectivity index (χ0v) is 17.4. The van der Waals surface area contributed by atoms with Crippen LogP contribution in [0.25, 0.3) is 5.57 Å². The Morgan fingerprint density at radius 1 is 1.18 bits per heavy atom. The predicted octanol–water partition coefficient (Wildman–Crippen LogP) is 2.32. The molecule has 2 amide bonds. The van der Waals surface area contributed by atoms with Gasteiger partial charge in [-0.3, -0.25) is 14.5 Å². The number of hydrogen-bond acceptors (Lipinski definition) is 6. The van der Waals surface area contributed by atoms with E-state index in [9.17, 15) is 19.5 Å². The normalized spacial score (nSPS) is 20.1. The van der Waals surface area contributed by atoms with E-state index < -0.39 is 17.9 Å². The molecular formula is C20H21N2O4S2-. The van der Waals surface area contributed by atoms with E-state index in [0.717, 1.165) is 48.0 Å². The summed E-state index contributed by atoms with van der Waals surface area (Å²) in [7, 11) is 0. The van der Waals surface area contributed by atoms with Gasteiger partial charge in [-0.1, -0.05) is 68.4 Å². The van der Waals surface area contributed by atoms with Crippen molar-refractivity contribution in [3.63, 3.8) is 0 Å². The summed E-state index contributed by atoms with van der Waals surface area (Å²) in [6, 6.07) is 6.16. The van der Waals surface area contributed by atoms with Crippen LogP contribution in [0.4, 0.5) is 5.69 Å². The lowest BCUT2D eigenvalue weighted by Gasteiger charge is -2.23. The number of carbonyl (C=O) groups is 3. The summed E-state index contributed by atoms with van der Waals surface area (Å²) in [5, 5.41) is 11.2. The number of benzene rings is 1. The number of thiocarbonyl (C=S) groups is 1. The van der Waals surface area contributed by atoms with Gasteiger partial charge in [0.05, 0.1) is 28.2 Å². The first-order chi connectivity index (χ1) is 13.4. The number of carboxylic acids is 1. The number of fused-ring (bicyclic) bond motifs is 1. The van der Waals surface area contributed by atoms with Crippen LogP contribution in [0.3, 0.4) is 0 Å². The van der Waals surface area contributed by atoms with Crippen LogP contribution in [-0.2, 0) is 14.4 Å². The Labute approximate surface area is 173 Å². The Balaban J connectivity index is 1.98. The molecule has 2 aliphatic rings. The van der Waals surface area contributed by atoms with Gasteiger partial charge in [0.25, 0.3) is 11.8 Å². The smallest absolute Gasteiger partial charge is 0.267 e. The molecule has 1 aromatic carbocycles. The molecule has 0 spiro atoms. The summed E-state index contributed by atoms with van der Waals surface area (Å²) in [6.07, 6.45) is 4.12. The first kappa shape index (κ1) is 20.5. The molecule has 1 aromatic rings. The SMILES string of the molecule is CCCCCCN1C(=O)/C(=C2\SC(=S)N([C@@H](C)C(=O)[O-])C2=O)c2ccccc21. The first-order valence-corrected chi connectivity index (χ1v) is 10.5. The van der Waals surface area contributed by atoms with Gasteiger partial charge in [0.1, 0.15) is 4.32 Å². The quantitative estimate of drug-likeness (QED) is 0.385. The molecule has 148 valence electrons. The summed E-state index contributed by atoms with van der Waals surface area (Å²) >= 11 is 6.18. The first-order valence-electron chi connectivity index (χ1n) is 9.30. The van der Waals surface area contributed by atoms with E-state index in [2.05, 4.69) is 6.92 Å². The molecule has 0 aromatic heterocycles. The Kier molecular flexibility index (Phi) is 6.20. The third kappa shape index (κ3) is 3.58. The van der Waals surface area contributed by atoms with E-state index in [1.807, 2.05) is 24.3 Å². The Bertz CT molecular complexity index is 881. The van der Waals surface area contributed by atoms with Gasteiger partial charge < -0.3 is 14.8 Å². The molecule has 2 aliphatic heterocycles. The molecule has 0 radical (unpaired) electrons. The molecule has 28 heavy (non-hydrogen) atoms. The van der Waals surface area contributed by atoms with Crippen molar-refractivity contribution in [1.29, 1.82) is 0 Å². The van der Waals surface area contributed by atoms with E-state index in [-0.39, 0.29) is 15.1 Å². The van der Waals surface area contributed by atoms with E-state index in [0.29, 0.717) is 17.7 Å². The average Bonchev–Trinajstić information content (AvgIpc) is 3.11. The summed E-state index contributed by atoms with van der Waals surface area (Å²) < 4.78 is 0.121. The van der Waals surface area contributed by atoms with E-state index in [1.54, 1.807) is 4.90 Å². The Morgan fingerprint density at radius 2 is 1.89 bits per heavy atom. The van der Waals surface area contributed by atoms with Crippen molar-refractivity contribution in [2.45, 2.75) is 45.6 Å². The monoisotopic (exact) mass is 417 g/mol. The van der Waals surface area contributed by atoms with Crippen LogP contribution in [-0.4, -0.2) is 39.6 Å². The molecule has 1 atom stereocenters. The van der Waals surface area contributed by atoms with Crippen molar-refractivity contribution >= 4 is 57.3 Å². The molecule has 1 saturated heterocycles. The fourth-order valence-electron chi connectivity index (χ4n) is 3.39. The largest absolute Gasteiger partial charge is 0.548 e. The van der Waals surface area contributed by atoms with Crippen molar-refractivity contribution in [3.8, 4) is 0 Å². The molecule has 1 fully saturated rings. The van der Waals surface area contributed by atoms with E-state index in [4.69, 9.17) is 12.2 Å². The number of hydrogen-bond donors (Lipinski definition) is 0. The van der Waals surface area contributed by atoms with Crippen LogP contribution >= 0.6 is 24.0 Å². The number of aliphatic carboxylic acids is 1. The topological polar surface area (TPSA) is 80.8 Å². The van der Waals surface area contributed by atoms with Gasteiger partial charge in [-0.15, -0.1) is 0 Å². The summed E-state index contributed by atoms with van der Waals surface area (Å²) in [4.78, 5) is 40.2. The summed E-state index contributed by atoms with van der Waals surface area (Å²) in [5.74, 6) is -2.18. The Morgan fingerprint density at radius 3 is 2.57 bits per heavy atom. The number of nitrogens with zero attached hydrogens (tertiary/aromatic N) is 2.